The van der Waals surface area contributed by atoms with Crippen LogP contribution in [0.5, 0.6) is 0 Å². The number of rotatable bonds is 2. The molecule has 1 aromatic heterocycles. The molecule has 2 rings (SSSR count). The largest absolute Gasteiger partial charge is 0.253 e. The number of hydrogen-bond donors (Lipinski definition) is 0. The van der Waals surface area contributed by atoms with Crippen molar-refractivity contribution in [1.82, 2.24) is 4.98 Å². The van der Waals surface area contributed by atoms with Gasteiger partial charge in [-0.15, -0.1) is 0 Å². The minimum absolute atomic E-state index is 0.571. The van der Waals surface area contributed by atoms with Crippen LogP contribution in [0.4, 0.5) is 0 Å². The predicted molar refractivity (Wildman–Crippen MR) is 76.6 cm³/mol. The third kappa shape index (κ3) is 3.29. The van der Waals surface area contributed by atoms with Gasteiger partial charge >= 0.3 is 0 Å². The number of fused-ring (bicyclic) bond motifs is 1. The minimum Gasteiger partial charge on any atom is -0.253 e. The quantitative estimate of drug-likeness (QED) is 0.710. The lowest BCUT2D eigenvalue weighted by molar-refractivity contribution is 0.868. The van der Waals surface area contributed by atoms with Crippen molar-refractivity contribution in [2.45, 2.75) is 47.0 Å². The molecule has 17 heavy (non-hydrogen) atoms. The molecule has 0 aliphatic heterocycles. The lowest BCUT2D eigenvalue weighted by atomic mass is 10.0. The Morgan fingerprint density at radius 1 is 1.06 bits per heavy atom. The van der Waals surface area contributed by atoms with Crippen LogP contribution in [0.1, 0.15) is 51.8 Å². The summed E-state index contributed by atoms with van der Waals surface area (Å²) in [5.41, 5.74) is 3.66. The van der Waals surface area contributed by atoms with Gasteiger partial charge in [0.05, 0.1) is 5.52 Å². The second-order valence-electron chi connectivity index (χ2n) is 4.26. The van der Waals surface area contributed by atoms with Gasteiger partial charge in [0.1, 0.15) is 0 Å². The minimum atomic E-state index is 0.571. The summed E-state index contributed by atoms with van der Waals surface area (Å²) in [6.07, 6.45) is 1.00. The summed E-state index contributed by atoms with van der Waals surface area (Å²) in [6, 6.07) is 10.8. The molecule has 0 saturated heterocycles. The van der Waals surface area contributed by atoms with Gasteiger partial charge in [-0.05, 0) is 30.0 Å². The van der Waals surface area contributed by atoms with E-state index in [1.54, 1.807) is 0 Å². The van der Waals surface area contributed by atoms with Crippen LogP contribution >= 0.6 is 0 Å². The van der Waals surface area contributed by atoms with E-state index in [4.69, 9.17) is 0 Å². The van der Waals surface area contributed by atoms with E-state index in [2.05, 4.69) is 56.1 Å². The molecule has 1 nitrogen and oxygen atoms in total. The zero-order chi connectivity index (χ0) is 12.8. The molecule has 0 radical (unpaired) electrons. The summed E-state index contributed by atoms with van der Waals surface area (Å²) in [6.45, 7) is 10.6. The van der Waals surface area contributed by atoms with Gasteiger partial charge in [-0.1, -0.05) is 52.8 Å². The number of benzene rings is 1. The molecule has 92 valence electrons. The number of aryl methyl sites for hydroxylation is 1. The highest BCUT2D eigenvalue weighted by molar-refractivity contribution is 5.79. The van der Waals surface area contributed by atoms with E-state index in [0.717, 1.165) is 11.9 Å². The second-order valence-corrected chi connectivity index (χ2v) is 4.26. The third-order valence-electron chi connectivity index (χ3n) is 2.80. The molecule has 0 N–H and O–H groups in total. The summed E-state index contributed by atoms with van der Waals surface area (Å²) < 4.78 is 0. The van der Waals surface area contributed by atoms with Gasteiger partial charge in [0, 0.05) is 11.1 Å². The number of pyridine rings is 1. The first-order chi connectivity index (χ1) is 8.20. The lowest BCUT2D eigenvalue weighted by Crippen LogP contribution is -1.91. The average molecular weight is 229 g/mol. The van der Waals surface area contributed by atoms with Gasteiger partial charge in [-0.3, -0.25) is 4.98 Å². The van der Waals surface area contributed by atoms with Crippen LogP contribution in [0.2, 0.25) is 0 Å². The van der Waals surface area contributed by atoms with Crippen LogP contribution in [0.25, 0.3) is 10.9 Å². The van der Waals surface area contributed by atoms with Crippen LogP contribution in [-0.2, 0) is 6.42 Å². The average Bonchev–Trinajstić information content (AvgIpc) is 2.39. The first-order valence-electron chi connectivity index (χ1n) is 6.60. The van der Waals surface area contributed by atoms with Crippen molar-refractivity contribution in [2.75, 3.05) is 0 Å². The zero-order valence-electron chi connectivity index (χ0n) is 11.6. The molecule has 0 aliphatic rings. The Morgan fingerprint density at radius 2 is 1.71 bits per heavy atom. The number of hydrogen-bond acceptors (Lipinski definition) is 1. The molecule has 1 heteroatoms. The third-order valence-corrected chi connectivity index (χ3v) is 2.80. The van der Waals surface area contributed by atoms with Crippen molar-refractivity contribution in [3.8, 4) is 0 Å². The molecule has 0 bridgehead atoms. The van der Waals surface area contributed by atoms with Gasteiger partial charge < -0.3 is 0 Å². The summed E-state index contributed by atoms with van der Waals surface area (Å²) in [5.74, 6) is 0.571. The Morgan fingerprint density at radius 3 is 2.29 bits per heavy atom. The fourth-order valence-electron chi connectivity index (χ4n) is 1.73. The van der Waals surface area contributed by atoms with Crippen molar-refractivity contribution in [3.63, 3.8) is 0 Å². The Bertz CT molecular complexity index is 472. The maximum Gasteiger partial charge on any atom is 0.0708 e. The van der Waals surface area contributed by atoms with E-state index in [1.165, 1.54) is 16.6 Å². The van der Waals surface area contributed by atoms with Crippen LogP contribution in [-0.4, -0.2) is 4.98 Å². The van der Waals surface area contributed by atoms with E-state index >= 15 is 0 Å². The highest BCUT2D eigenvalue weighted by Gasteiger charge is 2.02. The lowest BCUT2D eigenvalue weighted by Gasteiger charge is -2.07. The van der Waals surface area contributed by atoms with Gasteiger partial charge in [0.2, 0.25) is 0 Å². The summed E-state index contributed by atoms with van der Waals surface area (Å²) in [7, 11) is 0. The summed E-state index contributed by atoms with van der Waals surface area (Å²) in [4.78, 5) is 4.64. The Hall–Kier alpha value is -1.37. The van der Waals surface area contributed by atoms with Crippen molar-refractivity contribution >= 4 is 10.9 Å². The van der Waals surface area contributed by atoms with Crippen LogP contribution in [0.3, 0.4) is 0 Å². The molecule has 0 spiro atoms. The van der Waals surface area contributed by atoms with Crippen molar-refractivity contribution in [1.29, 1.82) is 0 Å². The van der Waals surface area contributed by atoms with Crippen molar-refractivity contribution < 1.29 is 0 Å². The smallest absolute Gasteiger partial charge is 0.0708 e. The molecule has 0 atom stereocenters. The Labute approximate surface area is 105 Å². The Balaban J connectivity index is 0.000000686. The highest BCUT2D eigenvalue weighted by atomic mass is 14.7. The highest BCUT2D eigenvalue weighted by Crippen LogP contribution is 2.20. The summed E-state index contributed by atoms with van der Waals surface area (Å²) in [5, 5.41) is 1.23. The molecule has 1 aromatic carbocycles. The molecule has 0 saturated carbocycles. The normalized spacial score (nSPS) is 10.2. The fraction of sp³-hybridized carbons (Fsp3) is 0.438. The standard InChI is InChI=1S/C14H17N.C2H6/c1-4-13-8-7-11-5-6-12(10(2)3)9-14(11)15-13;1-2/h5-10H,4H2,1-3H3;1-2H3. The fourth-order valence-corrected chi connectivity index (χ4v) is 1.73. The van der Waals surface area contributed by atoms with E-state index < -0.39 is 0 Å². The molecule has 0 aliphatic carbocycles. The maximum atomic E-state index is 4.64. The molecule has 1 heterocycles. The van der Waals surface area contributed by atoms with E-state index in [9.17, 15) is 0 Å². The topological polar surface area (TPSA) is 12.9 Å². The first kappa shape index (κ1) is 13.7. The van der Waals surface area contributed by atoms with Gasteiger partial charge in [0.25, 0.3) is 0 Å². The van der Waals surface area contributed by atoms with Gasteiger partial charge in [-0.25, -0.2) is 0 Å². The van der Waals surface area contributed by atoms with E-state index in [1.807, 2.05) is 13.8 Å². The van der Waals surface area contributed by atoms with E-state index in [0.29, 0.717) is 5.92 Å². The van der Waals surface area contributed by atoms with E-state index in [-0.39, 0.29) is 0 Å². The molecule has 0 unspecified atom stereocenters. The SMILES string of the molecule is CC.CCc1ccc2ccc(C(C)C)cc2n1. The Kier molecular flexibility index (Phi) is 5.14. The van der Waals surface area contributed by atoms with Crippen molar-refractivity contribution in [2.24, 2.45) is 0 Å². The van der Waals surface area contributed by atoms with Gasteiger partial charge in [0.15, 0.2) is 0 Å². The zero-order valence-corrected chi connectivity index (χ0v) is 11.6. The van der Waals surface area contributed by atoms with Crippen LogP contribution in [0, 0.1) is 0 Å². The predicted octanol–water partition coefficient (Wildman–Crippen LogP) is 4.95. The maximum absolute atomic E-state index is 4.64. The van der Waals surface area contributed by atoms with Crippen LogP contribution in [0.15, 0.2) is 30.3 Å². The monoisotopic (exact) mass is 229 g/mol. The molecule has 2 aromatic rings. The molecular formula is C16H23N. The number of nitrogens with zero attached hydrogens (tertiary/aromatic N) is 1. The van der Waals surface area contributed by atoms with Gasteiger partial charge in [-0.2, -0.15) is 0 Å². The van der Waals surface area contributed by atoms with Crippen LogP contribution < -0.4 is 0 Å². The second kappa shape index (κ2) is 6.39. The molecular weight excluding hydrogens is 206 g/mol. The summed E-state index contributed by atoms with van der Waals surface area (Å²) >= 11 is 0. The molecule has 0 fully saturated rings. The molecule has 0 amide bonds. The number of aromatic nitrogens is 1. The van der Waals surface area contributed by atoms with Crippen molar-refractivity contribution in [3.05, 3.63) is 41.6 Å². The first-order valence-corrected chi connectivity index (χ1v) is 6.60.